The molecule has 0 aromatic heterocycles. The summed E-state index contributed by atoms with van der Waals surface area (Å²) in [4.78, 5) is 11.9. The fraction of sp³-hybridized carbons (Fsp3) is 0.0625. The highest BCUT2D eigenvalue weighted by molar-refractivity contribution is 14.1. The summed E-state index contributed by atoms with van der Waals surface area (Å²) in [5.41, 5.74) is 1.48. The third kappa shape index (κ3) is 3.60. The number of rotatable bonds is 4. The number of hydrogen-bond donors (Lipinski definition) is 1. The summed E-state index contributed by atoms with van der Waals surface area (Å²) in [5, 5.41) is 9.63. The molecule has 0 heterocycles. The Bertz CT molecular complexity index is 636. The molecule has 1 N–H and O–H groups in total. The van der Waals surface area contributed by atoms with E-state index in [-0.39, 0.29) is 18.1 Å². The molecule has 0 aliphatic heterocycles. The second-order valence-electron chi connectivity index (χ2n) is 4.18. The van der Waals surface area contributed by atoms with E-state index in [0.717, 1.165) is 5.56 Å². The van der Waals surface area contributed by atoms with Crippen LogP contribution in [-0.2, 0) is 11.2 Å². The molecule has 3 nitrogen and oxygen atoms in total. The highest BCUT2D eigenvalue weighted by Gasteiger charge is 2.11. The molecule has 0 bridgehead atoms. The van der Waals surface area contributed by atoms with Crippen LogP contribution in [0, 0.1) is 3.57 Å². The van der Waals surface area contributed by atoms with Gasteiger partial charge in [-0.25, -0.2) is 0 Å². The van der Waals surface area contributed by atoms with Crippen LogP contribution in [0.5, 0.6) is 11.5 Å². The molecule has 0 spiro atoms. The standard InChI is InChI=1S/C16H13IO3/c1-2-12-9-14(18)13(17)10-15(12)20-16(19)8-11-6-4-3-5-7-11/h2-7,9-10,18H,1,8H2. The second kappa shape index (κ2) is 6.56. The minimum Gasteiger partial charge on any atom is -0.507 e. The maximum absolute atomic E-state index is 11.9. The van der Waals surface area contributed by atoms with Gasteiger partial charge in [0.05, 0.1) is 9.99 Å². The van der Waals surface area contributed by atoms with Crippen LogP contribution in [0.1, 0.15) is 11.1 Å². The largest absolute Gasteiger partial charge is 0.507 e. The fourth-order valence-electron chi connectivity index (χ4n) is 1.73. The van der Waals surface area contributed by atoms with Gasteiger partial charge < -0.3 is 9.84 Å². The number of hydrogen-bond acceptors (Lipinski definition) is 3. The molecule has 0 aliphatic rings. The molecule has 2 aromatic carbocycles. The van der Waals surface area contributed by atoms with Crippen LogP contribution in [0.15, 0.2) is 49.0 Å². The summed E-state index contributed by atoms with van der Waals surface area (Å²) in [6.07, 6.45) is 1.75. The summed E-state index contributed by atoms with van der Waals surface area (Å²) >= 11 is 1.98. The van der Waals surface area contributed by atoms with Crippen molar-refractivity contribution in [3.63, 3.8) is 0 Å². The molecular weight excluding hydrogens is 367 g/mol. The van der Waals surface area contributed by atoms with Crippen molar-refractivity contribution in [3.8, 4) is 11.5 Å². The minimum atomic E-state index is -0.346. The Labute approximate surface area is 131 Å². The lowest BCUT2D eigenvalue weighted by Gasteiger charge is -2.09. The quantitative estimate of drug-likeness (QED) is 0.499. The molecule has 4 heteroatoms. The van der Waals surface area contributed by atoms with Crippen LogP contribution in [0.4, 0.5) is 0 Å². The molecular formula is C16H13IO3. The van der Waals surface area contributed by atoms with Crippen molar-refractivity contribution in [1.82, 2.24) is 0 Å². The predicted octanol–water partition coefficient (Wildman–Crippen LogP) is 3.79. The Morgan fingerprint density at radius 2 is 2.00 bits per heavy atom. The lowest BCUT2D eigenvalue weighted by atomic mass is 10.1. The molecule has 2 rings (SSSR count). The van der Waals surface area contributed by atoms with Gasteiger partial charge in [0.1, 0.15) is 11.5 Å². The minimum absolute atomic E-state index is 0.142. The van der Waals surface area contributed by atoms with Crippen LogP contribution in [-0.4, -0.2) is 11.1 Å². The summed E-state index contributed by atoms with van der Waals surface area (Å²) in [7, 11) is 0. The van der Waals surface area contributed by atoms with E-state index < -0.39 is 0 Å². The van der Waals surface area contributed by atoms with Crippen LogP contribution >= 0.6 is 22.6 Å². The van der Waals surface area contributed by atoms with Gasteiger partial charge in [-0.3, -0.25) is 4.79 Å². The highest BCUT2D eigenvalue weighted by atomic mass is 127. The molecule has 0 saturated heterocycles. The van der Waals surface area contributed by atoms with E-state index in [4.69, 9.17) is 4.74 Å². The van der Waals surface area contributed by atoms with Gasteiger partial charge in [-0.1, -0.05) is 43.0 Å². The average Bonchev–Trinajstić information content (AvgIpc) is 2.43. The zero-order chi connectivity index (χ0) is 14.5. The smallest absolute Gasteiger partial charge is 0.315 e. The predicted molar refractivity (Wildman–Crippen MR) is 86.7 cm³/mol. The maximum Gasteiger partial charge on any atom is 0.315 e. The van der Waals surface area contributed by atoms with Gasteiger partial charge in [0.25, 0.3) is 0 Å². The highest BCUT2D eigenvalue weighted by Crippen LogP contribution is 2.30. The Hall–Kier alpha value is -1.82. The van der Waals surface area contributed by atoms with Crippen LogP contribution in [0.2, 0.25) is 0 Å². The monoisotopic (exact) mass is 380 g/mol. The van der Waals surface area contributed by atoms with Gasteiger partial charge in [0.2, 0.25) is 0 Å². The van der Waals surface area contributed by atoms with Gasteiger partial charge >= 0.3 is 5.97 Å². The van der Waals surface area contributed by atoms with Gasteiger partial charge in [0.15, 0.2) is 0 Å². The third-order valence-electron chi connectivity index (χ3n) is 2.71. The first-order valence-corrected chi connectivity index (χ1v) is 7.07. The van der Waals surface area contributed by atoms with Crippen LogP contribution < -0.4 is 4.74 Å². The zero-order valence-corrected chi connectivity index (χ0v) is 12.8. The first-order chi connectivity index (χ1) is 9.60. The van der Waals surface area contributed by atoms with E-state index in [0.29, 0.717) is 14.9 Å². The fourth-order valence-corrected chi connectivity index (χ4v) is 2.17. The Kier molecular flexibility index (Phi) is 4.79. The summed E-state index contributed by atoms with van der Waals surface area (Å²) in [6, 6.07) is 12.5. The Balaban J connectivity index is 2.15. The van der Waals surface area contributed by atoms with Crippen molar-refractivity contribution in [2.75, 3.05) is 0 Å². The van der Waals surface area contributed by atoms with Crippen molar-refractivity contribution in [2.24, 2.45) is 0 Å². The van der Waals surface area contributed by atoms with Crippen LogP contribution in [0.3, 0.4) is 0 Å². The van der Waals surface area contributed by atoms with Crippen LogP contribution in [0.25, 0.3) is 6.08 Å². The van der Waals surface area contributed by atoms with E-state index in [1.165, 1.54) is 6.07 Å². The number of esters is 1. The molecule has 0 atom stereocenters. The number of phenolic OH excluding ortho intramolecular Hbond substituents is 1. The van der Waals surface area contributed by atoms with Crippen molar-refractivity contribution in [1.29, 1.82) is 0 Å². The second-order valence-corrected chi connectivity index (χ2v) is 5.34. The van der Waals surface area contributed by atoms with E-state index in [9.17, 15) is 9.90 Å². The zero-order valence-electron chi connectivity index (χ0n) is 10.7. The molecule has 102 valence electrons. The SMILES string of the molecule is C=Cc1cc(O)c(I)cc1OC(=O)Cc1ccccc1. The van der Waals surface area contributed by atoms with Gasteiger partial charge in [-0.15, -0.1) is 0 Å². The molecule has 0 saturated carbocycles. The molecule has 20 heavy (non-hydrogen) atoms. The Morgan fingerprint density at radius 1 is 1.30 bits per heavy atom. The van der Waals surface area contributed by atoms with E-state index in [1.54, 1.807) is 12.1 Å². The number of halogens is 1. The number of aromatic hydroxyl groups is 1. The van der Waals surface area contributed by atoms with Gasteiger partial charge in [0, 0.05) is 5.56 Å². The summed E-state index contributed by atoms with van der Waals surface area (Å²) < 4.78 is 5.97. The number of ether oxygens (including phenoxy) is 1. The topological polar surface area (TPSA) is 46.5 Å². The molecule has 0 aliphatic carbocycles. The van der Waals surface area contributed by atoms with Gasteiger partial charge in [-0.05, 0) is 40.3 Å². The average molecular weight is 380 g/mol. The summed E-state index contributed by atoms with van der Waals surface area (Å²) in [5.74, 6) is 0.201. The maximum atomic E-state index is 11.9. The molecule has 0 radical (unpaired) electrons. The number of carbonyl (C=O) groups excluding carboxylic acids is 1. The Morgan fingerprint density at radius 3 is 2.65 bits per heavy atom. The molecule has 0 fully saturated rings. The van der Waals surface area contributed by atoms with Crippen molar-refractivity contribution < 1.29 is 14.6 Å². The van der Waals surface area contributed by atoms with Crippen molar-refractivity contribution in [2.45, 2.75) is 6.42 Å². The van der Waals surface area contributed by atoms with E-state index >= 15 is 0 Å². The first-order valence-electron chi connectivity index (χ1n) is 5.99. The number of phenols is 1. The number of carbonyl (C=O) groups is 1. The van der Waals surface area contributed by atoms with E-state index in [1.807, 2.05) is 52.9 Å². The molecule has 0 amide bonds. The third-order valence-corrected chi connectivity index (χ3v) is 3.58. The van der Waals surface area contributed by atoms with E-state index in [2.05, 4.69) is 6.58 Å². The molecule has 0 unspecified atom stereocenters. The van der Waals surface area contributed by atoms with Gasteiger partial charge in [-0.2, -0.15) is 0 Å². The van der Waals surface area contributed by atoms with Crippen molar-refractivity contribution in [3.05, 3.63) is 63.7 Å². The normalized spacial score (nSPS) is 10.1. The lowest BCUT2D eigenvalue weighted by molar-refractivity contribution is -0.133. The lowest BCUT2D eigenvalue weighted by Crippen LogP contribution is -2.12. The first kappa shape index (κ1) is 14.6. The number of benzene rings is 2. The van der Waals surface area contributed by atoms with Crippen molar-refractivity contribution >= 4 is 34.6 Å². The molecule has 2 aromatic rings. The summed E-state index contributed by atoms with van der Waals surface area (Å²) in [6.45, 7) is 3.65.